The van der Waals surface area contributed by atoms with Crippen LogP contribution in [0.5, 0.6) is 0 Å². The molecule has 0 bridgehead atoms. The molecule has 0 atom stereocenters. The van der Waals surface area contributed by atoms with Gasteiger partial charge in [-0.2, -0.15) is 0 Å². The first-order valence-corrected chi connectivity index (χ1v) is 4.49. The molecule has 1 aliphatic rings. The van der Waals surface area contributed by atoms with Crippen LogP contribution >= 0.6 is 0 Å². The van der Waals surface area contributed by atoms with E-state index in [-0.39, 0.29) is 18.1 Å². The average molecular weight is 196 g/mol. The van der Waals surface area contributed by atoms with E-state index in [1.165, 1.54) is 4.57 Å². The largest absolute Gasteiger partial charge is 0.328 e. The van der Waals surface area contributed by atoms with Gasteiger partial charge in [-0.25, -0.2) is 10.6 Å². The minimum absolute atomic E-state index is 0.0188. The third-order valence-electron chi connectivity index (χ3n) is 2.29. The highest BCUT2D eigenvalue weighted by Gasteiger charge is 2.25. The molecule has 1 aliphatic carbocycles. The molecule has 6 nitrogen and oxygen atoms in total. The first-order valence-electron chi connectivity index (χ1n) is 4.49. The fraction of sp³-hybridized carbons (Fsp3) is 0.500. The van der Waals surface area contributed by atoms with E-state index in [4.69, 9.17) is 5.84 Å². The number of rotatable bonds is 3. The Bertz CT molecular complexity index is 402. The molecule has 3 N–H and O–H groups in total. The first-order chi connectivity index (χ1) is 6.72. The second-order valence-corrected chi connectivity index (χ2v) is 3.41. The number of hydrogen-bond donors (Lipinski definition) is 2. The van der Waals surface area contributed by atoms with Gasteiger partial charge in [-0.3, -0.25) is 19.4 Å². The maximum atomic E-state index is 11.6. The maximum absolute atomic E-state index is 11.6. The Kier molecular flexibility index (Phi) is 2.12. The van der Waals surface area contributed by atoms with Crippen molar-refractivity contribution in [2.24, 2.45) is 5.84 Å². The summed E-state index contributed by atoms with van der Waals surface area (Å²) >= 11 is 0. The van der Waals surface area contributed by atoms with Crippen molar-refractivity contribution < 1.29 is 4.79 Å². The number of carbonyl (C=O) groups excluding carboxylic acids is 1. The summed E-state index contributed by atoms with van der Waals surface area (Å²) in [7, 11) is 0. The highest BCUT2D eigenvalue weighted by atomic mass is 16.2. The van der Waals surface area contributed by atoms with Crippen LogP contribution in [-0.2, 0) is 11.3 Å². The Morgan fingerprint density at radius 3 is 2.86 bits per heavy atom. The van der Waals surface area contributed by atoms with E-state index in [2.05, 4.69) is 0 Å². The van der Waals surface area contributed by atoms with E-state index >= 15 is 0 Å². The van der Waals surface area contributed by atoms with Gasteiger partial charge in [-0.15, -0.1) is 0 Å². The van der Waals surface area contributed by atoms with Crippen molar-refractivity contribution >= 4 is 5.91 Å². The molecule has 0 saturated heterocycles. The molecule has 1 fully saturated rings. The lowest BCUT2D eigenvalue weighted by molar-refractivity contribution is -0.121. The van der Waals surface area contributed by atoms with Crippen LogP contribution in [0.15, 0.2) is 17.2 Å². The van der Waals surface area contributed by atoms with Gasteiger partial charge in [0.25, 0.3) is 5.91 Å². The molecule has 0 unspecified atom stereocenters. The van der Waals surface area contributed by atoms with Crippen molar-refractivity contribution in [3.8, 4) is 0 Å². The SMILES string of the molecule is NNC(=O)Cn1ccn(C2CC2)c1=O. The monoisotopic (exact) mass is 196 g/mol. The number of carbonyl (C=O) groups is 1. The molecule has 6 heteroatoms. The lowest BCUT2D eigenvalue weighted by Crippen LogP contribution is -2.36. The number of amides is 1. The van der Waals surface area contributed by atoms with E-state index < -0.39 is 0 Å². The van der Waals surface area contributed by atoms with Gasteiger partial charge in [-0.05, 0) is 12.8 Å². The van der Waals surface area contributed by atoms with Gasteiger partial charge in [0.05, 0.1) is 0 Å². The van der Waals surface area contributed by atoms with E-state index in [0.717, 1.165) is 12.8 Å². The molecule has 0 aliphatic heterocycles. The fourth-order valence-electron chi connectivity index (χ4n) is 1.38. The zero-order valence-corrected chi connectivity index (χ0v) is 7.64. The lowest BCUT2D eigenvalue weighted by atomic mass is 10.6. The summed E-state index contributed by atoms with van der Waals surface area (Å²) < 4.78 is 3.00. The van der Waals surface area contributed by atoms with Crippen LogP contribution in [0, 0.1) is 0 Å². The average Bonchev–Trinajstić information content (AvgIpc) is 2.95. The van der Waals surface area contributed by atoms with Crippen molar-refractivity contribution in [1.29, 1.82) is 0 Å². The van der Waals surface area contributed by atoms with Gasteiger partial charge in [-0.1, -0.05) is 0 Å². The van der Waals surface area contributed by atoms with Crippen LogP contribution in [0.3, 0.4) is 0 Å². The molecule has 0 spiro atoms. The predicted octanol–water partition coefficient (Wildman–Crippen LogP) is -1.03. The van der Waals surface area contributed by atoms with Crippen molar-refractivity contribution in [1.82, 2.24) is 14.6 Å². The van der Waals surface area contributed by atoms with Gasteiger partial charge in [0.1, 0.15) is 6.54 Å². The second-order valence-electron chi connectivity index (χ2n) is 3.41. The number of hydrogen-bond acceptors (Lipinski definition) is 3. The van der Waals surface area contributed by atoms with Crippen molar-refractivity contribution in [2.75, 3.05) is 0 Å². The normalized spacial score (nSPS) is 15.5. The molecule has 0 aromatic carbocycles. The van der Waals surface area contributed by atoms with Gasteiger partial charge in [0, 0.05) is 18.4 Å². The van der Waals surface area contributed by atoms with Crippen LogP contribution in [0.2, 0.25) is 0 Å². The van der Waals surface area contributed by atoms with Gasteiger partial charge < -0.3 is 0 Å². The van der Waals surface area contributed by atoms with Crippen LogP contribution in [0.1, 0.15) is 18.9 Å². The van der Waals surface area contributed by atoms with E-state index in [9.17, 15) is 9.59 Å². The van der Waals surface area contributed by atoms with E-state index in [1.54, 1.807) is 17.0 Å². The summed E-state index contributed by atoms with van der Waals surface area (Å²) in [4.78, 5) is 22.5. The molecule has 1 heterocycles. The minimum Gasteiger partial charge on any atom is -0.296 e. The molecular formula is C8H12N4O2. The first kappa shape index (κ1) is 9.01. The molecule has 1 amide bonds. The zero-order valence-electron chi connectivity index (χ0n) is 7.64. The Morgan fingerprint density at radius 2 is 2.29 bits per heavy atom. The molecule has 14 heavy (non-hydrogen) atoms. The van der Waals surface area contributed by atoms with Crippen molar-refractivity contribution in [2.45, 2.75) is 25.4 Å². The standard InChI is InChI=1S/C8H12N4O2/c9-10-7(13)5-11-3-4-12(8(11)14)6-1-2-6/h3-4,6H,1-2,5,9H2,(H,10,13). The lowest BCUT2D eigenvalue weighted by Gasteiger charge is -1.99. The second kappa shape index (κ2) is 3.30. The summed E-state index contributed by atoms with van der Waals surface area (Å²) in [6.07, 6.45) is 5.42. The quantitative estimate of drug-likeness (QED) is 0.368. The number of nitrogens with one attached hydrogen (secondary N) is 1. The molecule has 1 aromatic heterocycles. The van der Waals surface area contributed by atoms with Gasteiger partial charge in [0.15, 0.2) is 0 Å². The summed E-state index contributed by atoms with van der Waals surface area (Å²) in [5, 5.41) is 0. The predicted molar refractivity (Wildman–Crippen MR) is 49.3 cm³/mol. The van der Waals surface area contributed by atoms with E-state index in [0.29, 0.717) is 6.04 Å². The Morgan fingerprint density at radius 1 is 1.57 bits per heavy atom. The van der Waals surface area contributed by atoms with Crippen molar-refractivity contribution in [3.63, 3.8) is 0 Å². The molecule has 0 radical (unpaired) electrons. The Balaban J connectivity index is 2.18. The molecule has 1 saturated carbocycles. The Labute approximate surface area is 80.3 Å². The summed E-state index contributed by atoms with van der Waals surface area (Å²) in [6, 6.07) is 0.338. The zero-order chi connectivity index (χ0) is 10.1. The third-order valence-corrected chi connectivity index (χ3v) is 2.29. The number of nitrogens with zero attached hydrogens (tertiary/aromatic N) is 2. The fourth-order valence-corrected chi connectivity index (χ4v) is 1.38. The van der Waals surface area contributed by atoms with Gasteiger partial charge in [0.2, 0.25) is 0 Å². The highest BCUT2D eigenvalue weighted by Crippen LogP contribution is 2.33. The number of aromatic nitrogens is 2. The van der Waals surface area contributed by atoms with Crippen LogP contribution < -0.4 is 17.0 Å². The van der Waals surface area contributed by atoms with Crippen molar-refractivity contribution in [3.05, 3.63) is 22.9 Å². The molecule has 76 valence electrons. The van der Waals surface area contributed by atoms with E-state index in [1.807, 2.05) is 5.43 Å². The maximum Gasteiger partial charge on any atom is 0.328 e. The third kappa shape index (κ3) is 1.56. The summed E-state index contributed by atoms with van der Waals surface area (Å²) in [5.74, 6) is 4.55. The summed E-state index contributed by atoms with van der Waals surface area (Å²) in [6.45, 7) is -0.0188. The number of hydrazine groups is 1. The molecule has 1 aromatic rings. The van der Waals surface area contributed by atoms with Gasteiger partial charge >= 0.3 is 5.69 Å². The topological polar surface area (TPSA) is 82.0 Å². The molecule has 2 rings (SSSR count). The Hall–Kier alpha value is -1.56. The molecular weight excluding hydrogens is 184 g/mol. The minimum atomic E-state index is -0.374. The highest BCUT2D eigenvalue weighted by molar-refractivity contribution is 5.74. The summed E-state index contributed by atoms with van der Waals surface area (Å²) in [5.41, 5.74) is 1.84. The van der Waals surface area contributed by atoms with Crippen LogP contribution in [0.4, 0.5) is 0 Å². The number of nitrogens with two attached hydrogens (primary N) is 1. The van der Waals surface area contributed by atoms with Crippen LogP contribution in [0.25, 0.3) is 0 Å². The number of imidazole rings is 1. The smallest absolute Gasteiger partial charge is 0.296 e. The van der Waals surface area contributed by atoms with Crippen LogP contribution in [-0.4, -0.2) is 15.0 Å².